The van der Waals surface area contributed by atoms with Crippen molar-refractivity contribution in [1.29, 1.82) is 0 Å². The van der Waals surface area contributed by atoms with Crippen molar-refractivity contribution in [2.45, 2.75) is 19.1 Å². The first kappa shape index (κ1) is 16.6. The van der Waals surface area contributed by atoms with Crippen LogP contribution in [0, 0.1) is 0 Å². The quantitative estimate of drug-likeness (QED) is 0.696. The molecular weight excluding hydrogens is 415 g/mol. The van der Waals surface area contributed by atoms with Crippen LogP contribution < -0.4 is 5.32 Å². The molecular formula is C14H12Br2F3NO. The molecule has 114 valence electrons. The molecule has 0 aliphatic heterocycles. The Kier molecular flexibility index (Phi) is 5.16. The largest absolute Gasteiger partial charge is 0.452 e. The highest BCUT2D eigenvalue weighted by Gasteiger charge is 2.32. The van der Waals surface area contributed by atoms with Crippen molar-refractivity contribution in [3.63, 3.8) is 0 Å². The lowest BCUT2D eigenvalue weighted by atomic mass is 10.0. The van der Waals surface area contributed by atoms with Gasteiger partial charge in [-0.05, 0) is 58.4 Å². The maximum atomic E-state index is 12.9. The normalized spacial score (nSPS) is 13.4. The van der Waals surface area contributed by atoms with E-state index in [1.54, 1.807) is 12.1 Å². The van der Waals surface area contributed by atoms with Gasteiger partial charge in [-0.25, -0.2) is 0 Å². The van der Waals surface area contributed by atoms with Crippen molar-refractivity contribution >= 4 is 31.9 Å². The fraction of sp³-hybridized carbons (Fsp3) is 0.286. The van der Waals surface area contributed by atoms with E-state index in [4.69, 9.17) is 4.42 Å². The molecule has 0 aliphatic carbocycles. The van der Waals surface area contributed by atoms with E-state index < -0.39 is 17.8 Å². The summed E-state index contributed by atoms with van der Waals surface area (Å²) in [5.74, 6) is 0.545. The molecule has 1 aromatic carbocycles. The van der Waals surface area contributed by atoms with E-state index in [0.717, 1.165) is 12.1 Å². The predicted octanol–water partition coefficient (Wildman–Crippen LogP) is 5.52. The van der Waals surface area contributed by atoms with E-state index in [1.807, 2.05) is 6.92 Å². The van der Waals surface area contributed by atoms with Crippen LogP contribution in [0.25, 0.3) is 0 Å². The zero-order valence-corrected chi connectivity index (χ0v) is 14.1. The van der Waals surface area contributed by atoms with Gasteiger partial charge >= 0.3 is 6.18 Å². The molecule has 0 aliphatic rings. The van der Waals surface area contributed by atoms with E-state index in [2.05, 4.69) is 37.2 Å². The second-order valence-electron chi connectivity index (χ2n) is 4.37. The van der Waals surface area contributed by atoms with Crippen LogP contribution in [-0.4, -0.2) is 6.54 Å². The smallest absolute Gasteiger partial charge is 0.416 e. The predicted molar refractivity (Wildman–Crippen MR) is 81.1 cm³/mol. The zero-order chi connectivity index (χ0) is 15.6. The Bertz CT molecular complexity index is 625. The molecule has 2 nitrogen and oxygen atoms in total. The number of hydrogen-bond donors (Lipinski definition) is 1. The summed E-state index contributed by atoms with van der Waals surface area (Å²) in [6.07, 6.45) is -4.38. The standard InChI is InChI=1S/C14H12Br2F3NO/c1-2-20-13(11-5-6-12(16)21-11)9-7-8(14(17,18)19)3-4-10(9)15/h3-7,13,20H,2H2,1H3. The number of furan rings is 1. The summed E-state index contributed by atoms with van der Waals surface area (Å²) in [4.78, 5) is 0. The van der Waals surface area contributed by atoms with Gasteiger partial charge < -0.3 is 9.73 Å². The number of rotatable bonds is 4. The van der Waals surface area contributed by atoms with E-state index in [-0.39, 0.29) is 0 Å². The average molecular weight is 427 g/mol. The minimum Gasteiger partial charge on any atom is -0.452 e. The monoisotopic (exact) mass is 425 g/mol. The SMILES string of the molecule is CCNC(c1ccc(Br)o1)c1cc(C(F)(F)F)ccc1Br. The molecule has 7 heteroatoms. The number of alkyl halides is 3. The van der Waals surface area contributed by atoms with Crippen LogP contribution in [0.1, 0.15) is 29.9 Å². The third kappa shape index (κ3) is 3.90. The second-order valence-corrected chi connectivity index (χ2v) is 6.00. The first-order chi connectivity index (χ1) is 9.82. The lowest BCUT2D eigenvalue weighted by Crippen LogP contribution is -2.22. The molecule has 1 unspecified atom stereocenters. The first-order valence-corrected chi connectivity index (χ1v) is 7.76. The summed E-state index contributed by atoms with van der Waals surface area (Å²) in [5, 5.41) is 3.14. The average Bonchev–Trinajstić information content (AvgIpc) is 2.82. The van der Waals surface area contributed by atoms with Gasteiger partial charge in [0.05, 0.1) is 11.6 Å². The minimum absolute atomic E-state index is 0.460. The van der Waals surface area contributed by atoms with Crippen LogP contribution >= 0.6 is 31.9 Å². The second kappa shape index (κ2) is 6.54. The Morgan fingerprint density at radius 1 is 1.19 bits per heavy atom. The Morgan fingerprint density at radius 3 is 2.43 bits per heavy atom. The highest BCUT2D eigenvalue weighted by Crippen LogP contribution is 2.36. The van der Waals surface area contributed by atoms with Crippen LogP contribution in [0.4, 0.5) is 13.2 Å². The molecule has 0 bridgehead atoms. The first-order valence-electron chi connectivity index (χ1n) is 6.18. The maximum Gasteiger partial charge on any atom is 0.416 e. The van der Waals surface area contributed by atoms with Gasteiger partial charge in [0, 0.05) is 4.47 Å². The third-order valence-corrected chi connectivity index (χ3v) is 4.07. The molecule has 21 heavy (non-hydrogen) atoms. The number of benzene rings is 1. The van der Waals surface area contributed by atoms with Crippen LogP contribution in [0.5, 0.6) is 0 Å². The molecule has 2 aromatic rings. The van der Waals surface area contributed by atoms with Gasteiger partial charge in [0.15, 0.2) is 4.67 Å². The summed E-state index contributed by atoms with van der Waals surface area (Å²) in [5.41, 5.74) is -0.206. The number of nitrogens with one attached hydrogen (secondary N) is 1. The lowest BCUT2D eigenvalue weighted by molar-refractivity contribution is -0.137. The number of hydrogen-bond acceptors (Lipinski definition) is 2. The highest BCUT2D eigenvalue weighted by atomic mass is 79.9. The van der Waals surface area contributed by atoms with Gasteiger partial charge in [0.25, 0.3) is 0 Å². The van der Waals surface area contributed by atoms with Crippen molar-refractivity contribution < 1.29 is 17.6 Å². The lowest BCUT2D eigenvalue weighted by Gasteiger charge is -2.19. The van der Waals surface area contributed by atoms with Crippen molar-refractivity contribution in [3.8, 4) is 0 Å². The molecule has 1 N–H and O–H groups in total. The molecule has 0 spiro atoms. The topological polar surface area (TPSA) is 25.2 Å². The van der Waals surface area contributed by atoms with E-state index in [1.165, 1.54) is 6.07 Å². The molecule has 0 radical (unpaired) electrons. The van der Waals surface area contributed by atoms with Gasteiger partial charge in [-0.2, -0.15) is 13.2 Å². The molecule has 1 atom stereocenters. The number of halogens is 5. The molecule has 0 saturated carbocycles. The van der Waals surface area contributed by atoms with Crippen LogP contribution in [0.15, 0.2) is 43.9 Å². The Labute approximate surface area is 137 Å². The summed E-state index contributed by atoms with van der Waals surface area (Å²) in [6.45, 7) is 2.47. The molecule has 0 fully saturated rings. The van der Waals surface area contributed by atoms with Gasteiger partial charge in [-0.3, -0.25) is 0 Å². The Hall–Kier alpha value is -0.790. The highest BCUT2D eigenvalue weighted by molar-refractivity contribution is 9.10. The third-order valence-electron chi connectivity index (χ3n) is 2.92. The summed E-state index contributed by atoms with van der Waals surface area (Å²) < 4.78 is 45.3. The summed E-state index contributed by atoms with van der Waals surface area (Å²) >= 11 is 6.51. The molecule has 1 aromatic heterocycles. The fourth-order valence-corrected chi connectivity index (χ4v) is 2.79. The maximum absolute atomic E-state index is 12.9. The molecule has 0 amide bonds. The van der Waals surface area contributed by atoms with Gasteiger partial charge in [0.2, 0.25) is 0 Å². The van der Waals surface area contributed by atoms with E-state index in [9.17, 15) is 13.2 Å². The van der Waals surface area contributed by atoms with Gasteiger partial charge in [0.1, 0.15) is 5.76 Å². The van der Waals surface area contributed by atoms with E-state index in [0.29, 0.717) is 27.0 Å². The summed E-state index contributed by atoms with van der Waals surface area (Å²) in [6, 6.07) is 6.56. The van der Waals surface area contributed by atoms with Crippen LogP contribution in [0.2, 0.25) is 0 Å². The minimum atomic E-state index is -4.38. The molecule has 2 rings (SSSR count). The Morgan fingerprint density at radius 2 is 1.90 bits per heavy atom. The zero-order valence-electron chi connectivity index (χ0n) is 11.0. The van der Waals surface area contributed by atoms with Crippen molar-refractivity contribution in [1.82, 2.24) is 5.32 Å². The Balaban J connectivity index is 2.49. The van der Waals surface area contributed by atoms with Gasteiger partial charge in [-0.15, -0.1) is 0 Å². The van der Waals surface area contributed by atoms with Crippen molar-refractivity contribution in [2.75, 3.05) is 6.54 Å². The molecule has 1 heterocycles. The van der Waals surface area contributed by atoms with Crippen molar-refractivity contribution in [2.24, 2.45) is 0 Å². The van der Waals surface area contributed by atoms with Crippen LogP contribution in [-0.2, 0) is 6.18 Å². The van der Waals surface area contributed by atoms with Crippen LogP contribution in [0.3, 0.4) is 0 Å². The summed E-state index contributed by atoms with van der Waals surface area (Å²) in [7, 11) is 0. The van der Waals surface area contributed by atoms with Gasteiger partial charge in [-0.1, -0.05) is 22.9 Å². The van der Waals surface area contributed by atoms with Crippen molar-refractivity contribution in [3.05, 3.63) is 56.4 Å². The molecule has 0 saturated heterocycles. The van der Waals surface area contributed by atoms with E-state index >= 15 is 0 Å². The fourth-order valence-electron chi connectivity index (χ4n) is 1.99.